The fraction of sp³-hybridized carbons (Fsp3) is 0.381. The Labute approximate surface area is 163 Å². The zero-order chi connectivity index (χ0) is 19.7. The smallest absolute Gasteiger partial charge is 0.259 e. The Morgan fingerprint density at radius 1 is 1.32 bits per heavy atom. The molecule has 7 nitrogen and oxygen atoms in total. The van der Waals surface area contributed by atoms with E-state index in [9.17, 15) is 4.79 Å². The standard InChI is InChI=1S/C21H23N3O4/c1-4-15-18(13(2)28-23-15)21(25)24-11-10-17-16(12-24)22-20(27-17)19(26-3)14-8-6-5-7-9-14/h5-9,19H,4,10-12H2,1-3H3. The molecule has 1 amide bonds. The minimum atomic E-state index is -0.372. The summed E-state index contributed by atoms with van der Waals surface area (Å²) >= 11 is 0. The second-order valence-electron chi connectivity index (χ2n) is 6.84. The Morgan fingerprint density at radius 2 is 2.11 bits per heavy atom. The van der Waals surface area contributed by atoms with Crippen molar-refractivity contribution in [3.63, 3.8) is 0 Å². The van der Waals surface area contributed by atoms with Crippen LogP contribution < -0.4 is 0 Å². The second kappa shape index (κ2) is 7.59. The first-order valence-electron chi connectivity index (χ1n) is 9.43. The van der Waals surface area contributed by atoms with Crippen molar-refractivity contribution in [2.24, 2.45) is 0 Å². The largest absolute Gasteiger partial charge is 0.442 e. The van der Waals surface area contributed by atoms with Gasteiger partial charge in [-0.25, -0.2) is 4.98 Å². The van der Waals surface area contributed by atoms with Gasteiger partial charge < -0.3 is 18.6 Å². The molecule has 0 fully saturated rings. The number of amides is 1. The van der Waals surface area contributed by atoms with Gasteiger partial charge in [0, 0.05) is 20.1 Å². The lowest BCUT2D eigenvalue weighted by molar-refractivity contribution is 0.0724. The Balaban J connectivity index is 1.58. The van der Waals surface area contributed by atoms with Gasteiger partial charge in [0.15, 0.2) is 6.10 Å². The summed E-state index contributed by atoms with van der Waals surface area (Å²) in [7, 11) is 1.64. The highest BCUT2D eigenvalue weighted by Gasteiger charge is 2.31. The molecule has 0 N–H and O–H groups in total. The van der Waals surface area contributed by atoms with Crippen molar-refractivity contribution in [3.8, 4) is 0 Å². The predicted octanol–water partition coefficient (Wildman–Crippen LogP) is 3.47. The molecule has 0 spiro atoms. The van der Waals surface area contributed by atoms with Crippen LogP contribution >= 0.6 is 0 Å². The summed E-state index contributed by atoms with van der Waals surface area (Å²) < 4.78 is 16.8. The lowest BCUT2D eigenvalue weighted by atomic mass is 10.1. The molecule has 7 heteroatoms. The van der Waals surface area contributed by atoms with Crippen LogP contribution in [0.25, 0.3) is 0 Å². The predicted molar refractivity (Wildman–Crippen MR) is 101 cm³/mol. The van der Waals surface area contributed by atoms with Crippen LogP contribution in [0.1, 0.15) is 57.7 Å². The number of carbonyl (C=O) groups excluding carboxylic acids is 1. The van der Waals surface area contributed by atoms with Crippen LogP contribution in [0.5, 0.6) is 0 Å². The van der Waals surface area contributed by atoms with Crippen molar-refractivity contribution in [2.75, 3.05) is 13.7 Å². The number of rotatable bonds is 5. The molecule has 146 valence electrons. The van der Waals surface area contributed by atoms with Crippen molar-refractivity contribution in [2.45, 2.75) is 39.3 Å². The van der Waals surface area contributed by atoms with Crippen LogP contribution in [0.4, 0.5) is 0 Å². The van der Waals surface area contributed by atoms with Gasteiger partial charge in [0.05, 0.1) is 12.2 Å². The number of nitrogens with zero attached hydrogens (tertiary/aromatic N) is 3. The highest BCUT2D eigenvalue weighted by atomic mass is 16.5. The van der Waals surface area contributed by atoms with Gasteiger partial charge in [0.2, 0.25) is 5.89 Å². The maximum absolute atomic E-state index is 13.0. The second-order valence-corrected chi connectivity index (χ2v) is 6.84. The summed E-state index contributed by atoms with van der Waals surface area (Å²) in [6.07, 6.45) is 0.895. The van der Waals surface area contributed by atoms with E-state index >= 15 is 0 Å². The van der Waals surface area contributed by atoms with E-state index in [4.69, 9.17) is 13.7 Å². The van der Waals surface area contributed by atoms with Crippen molar-refractivity contribution in [1.82, 2.24) is 15.0 Å². The van der Waals surface area contributed by atoms with Crippen LogP contribution in [0.2, 0.25) is 0 Å². The highest BCUT2D eigenvalue weighted by molar-refractivity contribution is 5.96. The average Bonchev–Trinajstić information content (AvgIpc) is 3.31. The average molecular weight is 381 g/mol. The van der Waals surface area contributed by atoms with Gasteiger partial charge in [-0.3, -0.25) is 4.79 Å². The number of aromatic nitrogens is 2. The number of hydrogen-bond acceptors (Lipinski definition) is 6. The number of aryl methyl sites for hydroxylation is 2. The zero-order valence-electron chi connectivity index (χ0n) is 16.3. The van der Waals surface area contributed by atoms with Crippen LogP contribution in [0, 0.1) is 6.92 Å². The summed E-state index contributed by atoms with van der Waals surface area (Å²) in [6, 6.07) is 9.83. The van der Waals surface area contributed by atoms with Gasteiger partial charge >= 0.3 is 0 Å². The van der Waals surface area contributed by atoms with Crippen LogP contribution in [-0.4, -0.2) is 34.6 Å². The van der Waals surface area contributed by atoms with Gasteiger partial charge in [-0.2, -0.15) is 0 Å². The fourth-order valence-electron chi connectivity index (χ4n) is 3.60. The Kier molecular flexibility index (Phi) is 5.00. The number of carbonyl (C=O) groups is 1. The highest BCUT2D eigenvalue weighted by Crippen LogP contribution is 2.30. The summed E-state index contributed by atoms with van der Waals surface area (Å²) in [6.45, 7) is 4.70. The molecule has 0 saturated heterocycles. The Hall–Kier alpha value is -2.93. The van der Waals surface area contributed by atoms with Crippen molar-refractivity contribution in [3.05, 3.63) is 70.3 Å². The summed E-state index contributed by atoms with van der Waals surface area (Å²) in [5.41, 5.74) is 3.01. The maximum atomic E-state index is 13.0. The van der Waals surface area contributed by atoms with E-state index in [0.29, 0.717) is 48.8 Å². The monoisotopic (exact) mass is 381 g/mol. The molecule has 0 aliphatic carbocycles. The minimum absolute atomic E-state index is 0.0721. The maximum Gasteiger partial charge on any atom is 0.259 e. The van der Waals surface area contributed by atoms with E-state index in [-0.39, 0.29) is 12.0 Å². The summed E-state index contributed by atoms with van der Waals surface area (Å²) in [4.78, 5) is 19.5. The Bertz CT molecular complexity index is 977. The van der Waals surface area contributed by atoms with Gasteiger partial charge in [-0.05, 0) is 18.9 Å². The normalized spacial score (nSPS) is 14.8. The summed E-state index contributed by atoms with van der Waals surface area (Å²) in [5, 5.41) is 3.99. The molecular weight excluding hydrogens is 358 g/mol. The minimum Gasteiger partial charge on any atom is -0.442 e. The lowest BCUT2D eigenvalue weighted by Gasteiger charge is -2.25. The Morgan fingerprint density at radius 3 is 2.82 bits per heavy atom. The molecule has 0 radical (unpaired) electrons. The van der Waals surface area contributed by atoms with E-state index in [1.807, 2.05) is 37.3 Å². The molecule has 3 aromatic rings. The molecule has 0 saturated carbocycles. The van der Waals surface area contributed by atoms with Crippen molar-refractivity contribution in [1.29, 1.82) is 0 Å². The van der Waals surface area contributed by atoms with Gasteiger partial charge in [-0.1, -0.05) is 42.4 Å². The molecule has 3 heterocycles. The molecule has 2 aromatic heterocycles. The van der Waals surface area contributed by atoms with Crippen molar-refractivity contribution < 1.29 is 18.5 Å². The first-order valence-corrected chi connectivity index (χ1v) is 9.43. The van der Waals surface area contributed by atoms with Gasteiger partial charge in [-0.15, -0.1) is 0 Å². The third kappa shape index (κ3) is 3.22. The SMILES string of the molecule is CCc1noc(C)c1C(=O)N1CCc2oc(C(OC)c3ccccc3)nc2C1. The first-order chi connectivity index (χ1) is 13.6. The van der Waals surface area contributed by atoms with Crippen molar-refractivity contribution >= 4 is 5.91 Å². The number of ether oxygens (including phenoxy) is 1. The molecule has 4 rings (SSSR count). The fourth-order valence-corrected chi connectivity index (χ4v) is 3.60. The summed E-state index contributed by atoms with van der Waals surface area (Å²) in [5.74, 6) is 1.81. The van der Waals surface area contributed by atoms with Gasteiger partial charge in [0.25, 0.3) is 5.91 Å². The zero-order valence-corrected chi connectivity index (χ0v) is 16.3. The molecule has 1 unspecified atom stereocenters. The van der Waals surface area contributed by atoms with Crippen LogP contribution in [0.3, 0.4) is 0 Å². The van der Waals surface area contributed by atoms with Gasteiger partial charge in [0.1, 0.15) is 22.8 Å². The lowest BCUT2D eigenvalue weighted by Crippen LogP contribution is -2.36. The van der Waals surface area contributed by atoms with E-state index in [1.54, 1.807) is 18.9 Å². The molecule has 0 bridgehead atoms. The molecule has 1 aliphatic heterocycles. The quantitative estimate of drug-likeness (QED) is 0.673. The third-order valence-electron chi connectivity index (χ3n) is 5.08. The number of benzene rings is 1. The van der Waals surface area contributed by atoms with Crippen LogP contribution in [-0.2, 0) is 24.1 Å². The van der Waals surface area contributed by atoms with E-state index in [0.717, 1.165) is 17.0 Å². The third-order valence-corrected chi connectivity index (χ3v) is 5.08. The molecule has 1 atom stereocenters. The van der Waals surface area contributed by atoms with E-state index in [2.05, 4.69) is 10.1 Å². The molecule has 1 aromatic carbocycles. The number of fused-ring (bicyclic) bond motifs is 1. The topological polar surface area (TPSA) is 81.6 Å². The molecule has 28 heavy (non-hydrogen) atoms. The molecule has 1 aliphatic rings. The van der Waals surface area contributed by atoms with E-state index < -0.39 is 0 Å². The van der Waals surface area contributed by atoms with Crippen LogP contribution in [0.15, 0.2) is 39.3 Å². The first kappa shape index (κ1) is 18.4. The molecular formula is C21H23N3O4. The number of methoxy groups -OCH3 is 1. The van der Waals surface area contributed by atoms with E-state index in [1.165, 1.54) is 0 Å². The number of hydrogen-bond donors (Lipinski definition) is 0. The number of oxazole rings is 1.